The van der Waals surface area contributed by atoms with Gasteiger partial charge in [-0.25, -0.2) is 0 Å². The third kappa shape index (κ3) is 2.22. The van der Waals surface area contributed by atoms with Crippen LogP contribution in [0.2, 0.25) is 0 Å². The van der Waals surface area contributed by atoms with Crippen LogP contribution in [0.4, 0.5) is 5.69 Å². The predicted octanol–water partition coefficient (Wildman–Crippen LogP) is 1.62. The molecule has 76 valence electrons. The molecule has 0 fully saturated rings. The van der Waals surface area contributed by atoms with Crippen molar-refractivity contribution in [1.29, 1.82) is 0 Å². The average Bonchev–Trinajstić information content (AvgIpc) is 2.48. The molecule has 1 aromatic carbocycles. The minimum Gasteiger partial charge on any atom is -0.368 e. The van der Waals surface area contributed by atoms with Gasteiger partial charge in [0.15, 0.2) is 0 Å². The number of thioether (sulfide) groups is 1. The van der Waals surface area contributed by atoms with E-state index in [0.717, 1.165) is 11.6 Å². The summed E-state index contributed by atoms with van der Waals surface area (Å²) >= 11 is 1.74. The Hall–Kier alpha value is -0.680. The first-order valence-electron chi connectivity index (χ1n) is 4.02. The zero-order chi connectivity index (χ0) is 9.26. The summed E-state index contributed by atoms with van der Waals surface area (Å²) in [5.74, 6) is 0.541. The molecule has 1 amide bonds. The number of benzene rings is 1. The van der Waals surface area contributed by atoms with Crippen molar-refractivity contribution in [3.8, 4) is 0 Å². The molecule has 1 aliphatic rings. The molecular formula is C9H11BrN2OS. The molecule has 0 saturated heterocycles. The van der Waals surface area contributed by atoms with Crippen LogP contribution < -0.4 is 10.6 Å². The van der Waals surface area contributed by atoms with Gasteiger partial charge >= 0.3 is 0 Å². The lowest BCUT2D eigenvalue weighted by Gasteiger charge is -2.15. The molecule has 0 unspecified atom stereocenters. The van der Waals surface area contributed by atoms with Gasteiger partial charge < -0.3 is 10.6 Å². The molecule has 1 aromatic rings. The van der Waals surface area contributed by atoms with Gasteiger partial charge in [-0.05, 0) is 12.1 Å². The third-order valence-electron chi connectivity index (χ3n) is 1.93. The minimum absolute atomic E-state index is 0. The number of hydrogen-bond acceptors (Lipinski definition) is 3. The molecule has 2 N–H and O–H groups in total. The van der Waals surface area contributed by atoms with Gasteiger partial charge in [0, 0.05) is 4.90 Å². The number of hydrogen-bond donors (Lipinski definition) is 1. The van der Waals surface area contributed by atoms with Gasteiger partial charge in [-0.3, -0.25) is 4.79 Å². The summed E-state index contributed by atoms with van der Waals surface area (Å²) in [7, 11) is 0. The van der Waals surface area contributed by atoms with E-state index in [2.05, 4.69) is 6.07 Å². The molecule has 3 nitrogen and oxygen atoms in total. The van der Waals surface area contributed by atoms with E-state index in [1.165, 1.54) is 4.90 Å². The Morgan fingerprint density at radius 2 is 2.21 bits per heavy atom. The summed E-state index contributed by atoms with van der Waals surface area (Å²) in [5, 5.41) is 0. The fourth-order valence-electron chi connectivity index (χ4n) is 1.38. The molecule has 1 heterocycles. The molecule has 5 heteroatoms. The van der Waals surface area contributed by atoms with E-state index in [1.807, 2.05) is 23.1 Å². The number of amides is 1. The highest BCUT2D eigenvalue weighted by Crippen LogP contribution is 2.37. The number of para-hydroxylation sites is 1. The highest BCUT2D eigenvalue weighted by Gasteiger charge is 2.19. The number of carbonyl (C=O) groups excluding carboxylic acids is 1. The Kier molecular flexibility index (Phi) is 3.83. The fourth-order valence-corrected chi connectivity index (χ4v) is 2.42. The van der Waals surface area contributed by atoms with Gasteiger partial charge in [-0.2, -0.15) is 0 Å². The first-order valence-corrected chi connectivity index (χ1v) is 5.01. The molecular weight excluding hydrogens is 264 g/mol. The van der Waals surface area contributed by atoms with Crippen molar-refractivity contribution in [3.63, 3.8) is 0 Å². The van der Waals surface area contributed by atoms with E-state index >= 15 is 0 Å². The lowest BCUT2D eigenvalue weighted by Crippen LogP contribution is -2.31. The Morgan fingerprint density at radius 3 is 2.93 bits per heavy atom. The normalized spacial score (nSPS) is 13.3. The highest BCUT2D eigenvalue weighted by atomic mass is 79.9. The Morgan fingerprint density at radius 1 is 1.50 bits per heavy atom. The van der Waals surface area contributed by atoms with Crippen molar-refractivity contribution in [2.45, 2.75) is 4.90 Å². The van der Waals surface area contributed by atoms with E-state index < -0.39 is 0 Å². The van der Waals surface area contributed by atoms with Crippen LogP contribution >= 0.6 is 28.7 Å². The highest BCUT2D eigenvalue weighted by molar-refractivity contribution is 8.93. The van der Waals surface area contributed by atoms with Crippen molar-refractivity contribution in [3.05, 3.63) is 24.3 Å². The summed E-state index contributed by atoms with van der Waals surface area (Å²) in [6.07, 6.45) is 0. The number of halogens is 1. The van der Waals surface area contributed by atoms with Crippen molar-refractivity contribution in [1.82, 2.24) is 0 Å². The van der Waals surface area contributed by atoms with Crippen LogP contribution in [0.25, 0.3) is 0 Å². The summed E-state index contributed by atoms with van der Waals surface area (Å²) in [4.78, 5) is 14.0. The van der Waals surface area contributed by atoms with Crippen LogP contribution in [0.15, 0.2) is 29.2 Å². The first kappa shape index (κ1) is 11.4. The number of anilines is 1. The SMILES string of the molecule is Br.NC(=O)CN1CSc2ccccc21. The molecule has 1 aliphatic heterocycles. The topological polar surface area (TPSA) is 46.3 Å². The summed E-state index contributed by atoms with van der Waals surface area (Å²) < 4.78 is 0. The molecule has 2 rings (SSSR count). The Balaban J connectivity index is 0.000000980. The molecule has 0 aromatic heterocycles. The summed E-state index contributed by atoms with van der Waals surface area (Å²) in [6, 6.07) is 8.04. The van der Waals surface area contributed by atoms with Crippen LogP contribution in [-0.4, -0.2) is 18.3 Å². The monoisotopic (exact) mass is 274 g/mol. The number of carbonyl (C=O) groups is 1. The van der Waals surface area contributed by atoms with E-state index in [1.54, 1.807) is 11.8 Å². The largest absolute Gasteiger partial charge is 0.368 e. The first-order chi connectivity index (χ1) is 6.27. The second-order valence-corrected chi connectivity index (χ2v) is 3.89. The lowest BCUT2D eigenvalue weighted by molar-refractivity contribution is -0.116. The quantitative estimate of drug-likeness (QED) is 0.892. The van der Waals surface area contributed by atoms with Gasteiger partial charge in [0.2, 0.25) is 5.91 Å². The number of nitrogens with two attached hydrogens (primary N) is 1. The number of fused-ring (bicyclic) bond motifs is 1. The molecule has 0 aliphatic carbocycles. The molecule has 0 spiro atoms. The molecule has 0 radical (unpaired) electrons. The molecule has 14 heavy (non-hydrogen) atoms. The predicted molar refractivity (Wildman–Crippen MR) is 64.0 cm³/mol. The van der Waals surface area contributed by atoms with Crippen molar-refractivity contribution >= 4 is 40.3 Å². The van der Waals surface area contributed by atoms with E-state index in [0.29, 0.717) is 6.54 Å². The Bertz CT molecular complexity index is 345. The third-order valence-corrected chi connectivity index (χ3v) is 3.03. The van der Waals surface area contributed by atoms with Crippen LogP contribution in [0, 0.1) is 0 Å². The van der Waals surface area contributed by atoms with Gasteiger partial charge in [-0.1, -0.05) is 12.1 Å². The fraction of sp³-hybridized carbons (Fsp3) is 0.222. The standard InChI is InChI=1S/C9H10N2OS.BrH/c10-9(12)5-11-6-13-8-4-2-1-3-7(8)11;/h1-4H,5-6H2,(H2,10,12);1H. The maximum Gasteiger partial charge on any atom is 0.236 e. The number of nitrogens with zero attached hydrogens (tertiary/aromatic N) is 1. The van der Waals surface area contributed by atoms with E-state index in [9.17, 15) is 4.79 Å². The smallest absolute Gasteiger partial charge is 0.236 e. The van der Waals surface area contributed by atoms with Crippen molar-refractivity contribution < 1.29 is 4.79 Å². The molecule has 0 saturated carbocycles. The van der Waals surface area contributed by atoms with Crippen molar-refractivity contribution in [2.75, 3.05) is 17.3 Å². The zero-order valence-electron chi connectivity index (χ0n) is 7.47. The van der Waals surface area contributed by atoms with Crippen LogP contribution in [0.3, 0.4) is 0 Å². The minimum atomic E-state index is -0.280. The summed E-state index contributed by atoms with van der Waals surface area (Å²) in [5.41, 5.74) is 6.26. The van der Waals surface area contributed by atoms with Gasteiger partial charge in [0.1, 0.15) is 0 Å². The van der Waals surface area contributed by atoms with Crippen LogP contribution in [0.5, 0.6) is 0 Å². The Labute approximate surface area is 97.4 Å². The lowest BCUT2D eigenvalue weighted by atomic mass is 10.3. The van der Waals surface area contributed by atoms with Gasteiger partial charge in [-0.15, -0.1) is 28.7 Å². The number of rotatable bonds is 2. The second-order valence-electron chi connectivity index (χ2n) is 2.91. The van der Waals surface area contributed by atoms with E-state index in [4.69, 9.17) is 5.73 Å². The maximum atomic E-state index is 10.7. The summed E-state index contributed by atoms with van der Waals surface area (Å²) in [6.45, 7) is 0.310. The number of primary amides is 1. The van der Waals surface area contributed by atoms with Crippen molar-refractivity contribution in [2.24, 2.45) is 5.73 Å². The van der Waals surface area contributed by atoms with Crippen LogP contribution in [0.1, 0.15) is 0 Å². The average molecular weight is 275 g/mol. The molecule has 0 atom stereocenters. The molecule has 0 bridgehead atoms. The maximum absolute atomic E-state index is 10.7. The second kappa shape index (κ2) is 4.70. The zero-order valence-corrected chi connectivity index (χ0v) is 10.0. The van der Waals surface area contributed by atoms with Gasteiger partial charge in [0.05, 0.1) is 18.1 Å². The van der Waals surface area contributed by atoms with E-state index in [-0.39, 0.29) is 22.9 Å². The van der Waals surface area contributed by atoms with Gasteiger partial charge in [0.25, 0.3) is 0 Å². The van der Waals surface area contributed by atoms with Crippen LogP contribution in [-0.2, 0) is 4.79 Å².